The topological polar surface area (TPSA) is 41.5 Å². The molecule has 0 aromatic rings. The minimum absolute atomic E-state index is 0.00347. The summed E-state index contributed by atoms with van der Waals surface area (Å²) >= 11 is 0. The number of nitrogens with one attached hydrogen (secondary N) is 1. The number of carbonyl (C=O) groups is 1. The quantitative estimate of drug-likeness (QED) is 0.462. The van der Waals surface area contributed by atoms with Crippen LogP contribution >= 0.6 is 0 Å². The normalized spacial score (nSPS) is 27.8. The second-order valence-electron chi connectivity index (χ2n) is 1.74. The molecule has 0 spiro atoms. The first-order valence-corrected chi connectivity index (χ1v) is 2.59. The molecule has 0 bridgehead atoms. The van der Waals surface area contributed by atoms with Crippen LogP contribution in [0.4, 0.5) is 0 Å². The number of hydrogen-bond acceptors (Lipinski definition) is 3. The summed E-state index contributed by atoms with van der Waals surface area (Å²) in [5, 5.41) is 2.96. The number of carbonyl (C=O) groups excluding carboxylic acids is 1. The maximum Gasteiger partial charge on any atom is 0.129 e. The molecule has 44 valence electrons. The highest BCUT2D eigenvalue weighted by atomic mass is 16.1. The minimum atomic E-state index is 0.00347. The molecule has 0 aliphatic carbocycles. The first-order valence-electron chi connectivity index (χ1n) is 2.59. The molecule has 0 radical (unpaired) electrons. The van der Waals surface area contributed by atoms with Gasteiger partial charge in [0, 0.05) is 12.8 Å². The lowest BCUT2D eigenvalue weighted by molar-refractivity contribution is -0.109. The predicted octanol–water partition coefficient (Wildman–Crippen LogP) is -0.567. The number of rotatable bonds is 1. The lowest BCUT2D eigenvalue weighted by Crippen LogP contribution is -2.29. The van der Waals surface area contributed by atoms with Gasteiger partial charge in [-0.05, 0) is 0 Å². The Morgan fingerprint density at radius 3 is 3.12 bits per heavy atom. The van der Waals surface area contributed by atoms with Crippen molar-refractivity contribution >= 4 is 12.5 Å². The summed E-state index contributed by atoms with van der Waals surface area (Å²) < 4.78 is 0. The molecule has 1 heterocycles. The molecule has 3 heteroatoms. The van der Waals surface area contributed by atoms with Crippen LogP contribution in [0.15, 0.2) is 4.99 Å². The zero-order valence-corrected chi connectivity index (χ0v) is 4.50. The van der Waals surface area contributed by atoms with Gasteiger partial charge in [0.25, 0.3) is 0 Å². The fourth-order valence-corrected chi connectivity index (χ4v) is 0.620. The monoisotopic (exact) mass is 112 g/mol. The van der Waals surface area contributed by atoms with E-state index in [1.807, 2.05) is 0 Å². The smallest absolute Gasteiger partial charge is 0.129 e. The zero-order chi connectivity index (χ0) is 5.82. The summed E-state index contributed by atoms with van der Waals surface area (Å²) in [4.78, 5) is 13.9. The molecule has 0 aromatic heterocycles. The molecule has 0 amide bonds. The van der Waals surface area contributed by atoms with Gasteiger partial charge in [-0.2, -0.15) is 0 Å². The molecule has 1 rings (SSSR count). The van der Waals surface area contributed by atoms with Crippen molar-refractivity contribution in [3.63, 3.8) is 0 Å². The molecule has 1 aliphatic heterocycles. The Hall–Kier alpha value is -0.700. The average molecular weight is 112 g/mol. The fraction of sp³-hybridized carbons (Fsp3) is 0.600. The first-order chi connectivity index (χ1) is 3.93. The number of hydrogen-bond donors (Lipinski definition) is 1. The third-order valence-electron chi connectivity index (χ3n) is 1.05. The third kappa shape index (κ3) is 1.13. The molecule has 1 unspecified atom stereocenters. The largest absolute Gasteiger partial charge is 0.303 e. The second kappa shape index (κ2) is 2.57. The van der Waals surface area contributed by atoms with Crippen molar-refractivity contribution in [2.75, 3.05) is 13.2 Å². The standard InChI is InChI=1S/C5H8N2O/c8-3-5-1-6-4-7-2-5/h1,3,5,7H,2,4H2. The summed E-state index contributed by atoms with van der Waals surface area (Å²) in [6.07, 6.45) is 2.58. The molecule has 3 nitrogen and oxygen atoms in total. The molecule has 1 N–H and O–H groups in total. The van der Waals surface area contributed by atoms with Gasteiger partial charge in [0.15, 0.2) is 0 Å². The summed E-state index contributed by atoms with van der Waals surface area (Å²) in [5.41, 5.74) is 0. The van der Waals surface area contributed by atoms with E-state index in [-0.39, 0.29) is 5.92 Å². The Morgan fingerprint density at radius 1 is 1.88 bits per heavy atom. The predicted molar refractivity (Wildman–Crippen MR) is 30.9 cm³/mol. The van der Waals surface area contributed by atoms with Gasteiger partial charge in [-0.3, -0.25) is 10.3 Å². The van der Waals surface area contributed by atoms with E-state index in [1.54, 1.807) is 6.21 Å². The van der Waals surface area contributed by atoms with Gasteiger partial charge in [0.1, 0.15) is 6.29 Å². The van der Waals surface area contributed by atoms with E-state index < -0.39 is 0 Å². The Bertz CT molecular complexity index is 111. The Balaban J connectivity index is 2.42. The van der Waals surface area contributed by atoms with E-state index in [2.05, 4.69) is 10.3 Å². The van der Waals surface area contributed by atoms with Crippen molar-refractivity contribution in [3.05, 3.63) is 0 Å². The number of aliphatic imine (C=N–C) groups is 1. The maximum atomic E-state index is 10.0. The molecule has 1 aliphatic rings. The highest BCUT2D eigenvalue weighted by Crippen LogP contribution is 1.88. The SMILES string of the molecule is O=CC1C=NCNC1. The molecule has 8 heavy (non-hydrogen) atoms. The lowest BCUT2D eigenvalue weighted by Gasteiger charge is -2.09. The first kappa shape index (κ1) is 5.44. The van der Waals surface area contributed by atoms with Crippen LogP contribution in [-0.4, -0.2) is 25.7 Å². The van der Waals surface area contributed by atoms with Gasteiger partial charge in [-0.1, -0.05) is 0 Å². The minimum Gasteiger partial charge on any atom is -0.303 e. The van der Waals surface area contributed by atoms with Crippen molar-refractivity contribution < 1.29 is 4.79 Å². The van der Waals surface area contributed by atoms with Crippen molar-refractivity contribution in [1.82, 2.24) is 5.32 Å². The summed E-state index contributed by atoms with van der Waals surface area (Å²) in [7, 11) is 0. The number of nitrogens with zero attached hydrogens (tertiary/aromatic N) is 1. The second-order valence-corrected chi connectivity index (χ2v) is 1.74. The Kier molecular flexibility index (Phi) is 1.75. The van der Waals surface area contributed by atoms with Crippen molar-refractivity contribution in [1.29, 1.82) is 0 Å². The van der Waals surface area contributed by atoms with Crippen LogP contribution in [0.5, 0.6) is 0 Å². The van der Waals surface area contributed by atoms with Gasteiger partial charge in [0.2, 0.25) is 0 Å². The molecular formula is C5H8N2O. The van der Waals surface area contributed by atoms with Crippen LogP contribution in [0.2, 0.25) is 0 Å². The molecule has 0 fully saturated rings. The number of aldehydes is 1. The van der Waals surface area contributed by atoms with Gasteiger partial charge in [-0.15, -0.1) is 0 Å². The van der Waals surface area contributed by atoms with E-state index >= 15 is 0 Å². The van der Waals surface area contributed by atoms with E-state index in [0.717, 1.165) is 12.8 Å². The molecule has 0 saturated carbocycles. The van der Waals surface area contributed by atoms with Crippen LogP contribution < -0.4 is 5.32 Å². The van der Waals surface area contributed by atoms with Crippen LogP contribution in [0.1, 0.15) is 0 Å². The summed E-state index contributed by atoms with van der Waals surface area (Å²) in [6, 6.07) is 0. The molecule has 1 atom stereocenters. The van der Waals surface area contributed by atoms with Crippen LogP contribution in [0, 0.1) is 5.92 Å². The van der Waals surface area contributed by atoms with Crippen LogP contribution in [0.25, 0.3) is 0 Å². The van der Waals surface area contributed by atoms with Crippen LogP contribution in [0.3, 0.4) is 0 Å². The lowest BCUT2D eigenvalue weighted by atomic mass is 10.2. The molecular weight excluding hydrogens is 104 g/mol. The average Bonchev–Trinajstić information content (AvgIpc) is 1.90. The van der Waals surface area contributed by atoms with E-state index in [9.17, 15) is 4.79 Å². The molecule has 0 aromatic carbocycles. The fourth-order valence-electron chi connectivity index (χ4n) is 0.620. The van der Waals surface area contributed by atoms with Crippen molar-refractivity contribution in [3.8, 4) is 0 Å². The van der Waals surface area contributed by atoms with E-state index in [0.29, 0.717) is 6.67 Å². The Morgan fingerprint density at radius 2 is 2.75 bits per heavy atom. The van der Waals surface area contributed by atoms with E-state index in [1.165, 1.54) is 0 Å². The van der Waals surface area contributed by atoms with Gasteiger partial charge in [0.05, 0.1) is 12.6 Å². The Labute approximate surface area is 47.8 Å². The maximum absolute atomic E-state index is 10.0. The highest BCUT2D eigenvalue weighted by Gasteiger charge is 2.04. The van der Waals surface area contributed by atoms with Gasteiger partial charge in [-0.25, -0.2) is 0 Å². The highest BCUT2D eigenvalue weighted by molar-refractivity contribution is 5.81. The third-order valence-corrected chi connectivity index (χ3v) is 1.05. The zero-order valence-electron chi connectivity index (χ0n) is 4.50. The summed E-state index contributed by atoms with van der Waals surface area (Å²) in [6.45, 7) is 1.40. The van der Waals surface area contributed by atoms with Gasteiger partial charge >= 0.3 is 0 Å². The van der Waals surface area contributed by atoms with Crippen molar-refractivity contribution in [2.24, 2.45) is 10.9 Å². The van der Waals surface area contributed by atoms with Gasteiger partial charge < -0.3 is 4.79 Å². The molecule has 0 saturated heterocycles. The summed E-state index contributed by atoms with van der Waals surface area (Å²) in [5.74, 6) is 0.00347. The van der Waals surface area contributed by atoms with Crippen molar-refractivity contribution in [2.45, 2.75) is 0 Å². The van der Waals surface area contributed by atoms with Crippen LogP contribution in [-0.2, 0) is 4.79 Å². The van der Waals surface area contributed by atoms with E-state index in [4.69, 9.17) is 0 Å².